The Morgan fingerprint density at radius 3 is 2.56 bits per heavy atom. The lowest BCUT2D eigenvalue weighted by molar-refractivity contribution is -0.132. The molecule has 8 nitrogen and oxygen atoms in total. The molecule has 3 heterocycles. The molecule has 0 saturated carbocycles. The fraction of sp³-hybridized carbons (Fsp3) is 0.400. The minimum absolute atomic E-state index is 0.103. The molecule has 206 valence electrons. The molecule has 0 bridgehead atoms. The molecule has 1 aromatic heterocycles. The number of carboxylic acids is 1. The molecule has 2 aliphatic heterocycles. The van der Waals surface area contributed by atoms with Gasteiger partial charge in [0.25, 0.3) is 0 Å². The van der Waals surface area contributed by atoms with Gasteiger partial charge >= 0.3 is 5.97 Å². The summed E-state index contributed by atoms with van der Waals surface area (Å²) in [6.45, 7) is 6.77. The van der Waals surface area contributed by atoms with Gasteiger partial charge in [0.05, 0.1) is 31.2 Å². The highest BCUT2D eigenvalue weighted by Crippen LogP contribution is 2.37. The van der Waals surface area contributed by atoms with E-state index in [4.69, 9.17) is 9.47 Å². The molecule has 1 N–H and O–H groups in total. The Hall–Kier alpha value is -3.69. The first-order valence-electron chi connectivity index (χ1n) is 13.3. The van der Waals surface area contributed by atoms with Crippen molar-refractivity contribution in [2.24, 2.45) is 7.05 Å². The van der Waals surface area contributed by atoms with E-state index in [0.717, 1.165) is 42.1 Å². The van der Waals surface area contributed by atoms with Crippen molar-refractivity contribution in [2.75, 3.05) is 46.0 Å². The Balaban J connectivity index is 1.34. The van der Waals surface area contributed by atoms with Crippen LogP contribution >= 0.6 is 0 Å². The summed E-state index contributed by atoms with van der Waals surface area (Å²) < 4.78 is 28.2. The molecule has 0 radical (unpaired) electrons. The highest BCUT2D eigenvalue weighted by molar-refractivity contribution is 5.88. The first-order valence-corrected chi connectivity index (χ1v) is 13.3. The van der Waals surface area contributed by atoms with Gasteiger partial charge in [-0.15, -0.1) is 0 Å². The summed E-state index contributed by atoms with van der Waals surface area (Å²) in [7, 11) is 1.93. The Kier molecular flexibility index (Phi) is 7.99. The molecule has 3 aromatic rings. The van der Waals surface area contributed by atoms with Crippen molar-refractivity contribution in [3.05, 3.63) is 88.0 Å². The van der Waals surface area contributed by atoms with Gasteiger partial charge in [0, 0.05) is 50.7 Å². The number of carbonyl (C=O) groups excluding carboxylic acids is 1. The first kappa shape index (κ1) is 26.9. The molecule has 0 aliphatic carbocycles. The van der Waals surface area contributed by atoms with Gasteiger partial charge in [0.2, 0.25) is 5.91 Å². The summed E-state index contributed by atoms with van der Waals surface area (Å²) in [4.78, 5) is 29.4. The highest BCUT2D eigenvalue weighted by atomic mass is 19.1. The number of amides is 1. The minimum Gasteiger partial charge on any atom is -0.492 e. The fourth-order valence-corrected chi connectivity index (χ4v) is 5.39. The van der Waals surface area contributed by atoms with E-state index in [1.54, 1.807) is 29.2 Å². The number of rotatable bonds is 8. The SMILES string of the molecule is Cc1ccc(C2c3cc(C(=O)O)ccc3CCN2C(=O)Cc2ccc(OCCN3CCOCC3)cc2F)n1C. The molecule has 0 spiro atoms. The van der Waals surface area contributed by atoms with Crippen LogP contribution in [0.4, 0.5) is 4.39 Å². The van der Waals surface area contributed by atoms with E-state index in [1.807, 2.05) is 36.7 Å². The predicted molar refractivity (Wildman–Crippen MR) is 144 cm³/mol. The minimum atomic E-state index is -1.02. The van der Waals surface area contributed by atoms with Crippen molar-refractivity contribution in [1.82, 2.24) is 14.4 Å². The van der Waals surface area contributed by atoms with Crippen molar-refractivity contribution < 1.29 is 28.6 Å². The molecule has 2 aromatic carbocycles. The third kappa shape index (κ3) is 5.84. The maximum atomic E-state index is 15.1. The summed E-state index contributed by atoms with van der Waals surface area (Å²) in [5.41, 5.74) is 4.18. The molecule has 1 atom stereocenters. The maximum absolute atomic E-state index is 15.1. The van der Waals surface area contributed by atoms with Gasteiger partial charge in [-0.25, -0.2) is 9.18 Å². The van der Waals surface area contributed by atoms with E-state index in [9.17, 15) is 14.7 Å². The number of halogens is 1. The van der Waals surface area contributed by atoms with Crippen molar-refractivity contribution in [1.29, 1.82) is 0 Å². The number of nitrogens with zero attached hydrogens (tertiary/aromatic N) is 3. The van der Waals surface area contributed by atoms with Gasteiger partial charge < -0.3 is 24.0 Å². The lowest BCUT2D eigenvalue weighted by atomic mass is 9.88. The van der Waals surface area contributed by atoms with Crippen LogP contribution < -0.4 is 4.74 Å². The molecule has 5 rings (SSSR count). The van der Waals surface area contributed by atoms with Gasteiger partial charge in [-0.05, 0) is 60.4 Å². The molecule has 1 amide bonds. The Bertz CT molecular complexity index is 1360. The maximum Gasteiger partial charge on any atom is 0.335 e. The number of aromatic nitrogens is 1. The number of aryl methyl sites for hydroxylation is 1. The van der Waals surface area contributed by atoms with Crippen molar-refractivity contribution in [3.63, 3.8) is 0 Å². The Labute approximate surface area is 227 Å². The van der Waals surface area contributed by atoms with E-state index < -0.39 is 17.8 Å². The van der Waals surface area contributed by atoms with Crippen LogP contribution in [0.25, 0.3) is 0 Å². The molecule has 1 saturated heterocycles. The summed E-state index contributed by atoms with van der Waals surface area (Å²) in [5.74, 6) is -1.28. The molecular weight excluding hydrogens is 501 g/mol. The summed E-state index contributed by atoms with van der Waals surface area (Å²) in [5, 5.41) is 9.60. The molecule has 1 unspecified atom stereocenters. The molecule has 1 fully saturated rings. The van der Waals surface area contributed by atoms with Gasteiger partial charge in [-0.1, -0.05) is 12.1 Å². The van der Waals surface area contributed by atoms with Gasteiger partial charge in [0.1, 0.15) is 18.2 Å². The number of ether oxygens (including phenoxy) is 2. The molecule has 9 heteroatoms. The average Bonchev–Trinajstić information content (AvgIpc) is 3.27. The molecular formula is C30H34FN3O5. The van der Waals surface area contributed by atoms with E-state index >= 15 is 4.39 Å². The van der Waals surface area contributed by atoms with Gasteiger partial charge in [-0.3, -0.25) is 9.69 Å². The second-order valence-electron chi connectivity index (χ2n) is 10.1. The fourth-order valence-electron chi connectivity index (χ4n) is 5.39. The van der Waals surface area contributed by atoms with Crippen molar-refractivity contribution >= 4 is 11.9 Å². The zero-order valence-electron chi connectivity index (χ0n) is 22.4. The smallest absolute Gasteiger partial charge is 0.335 e. The monoisotopic (exact) mass is 535 g/mol. The van der Waals surface area contributed by atoms with Crippen LogP contribution in [0, 0.1) is 12.7 Å². The van der Waals surface area contributed by atoms with Crippen LogP contribution in [-0.2, 0) is 29.4 Å². The van der Waals surface area contributed by atoms with E-state index in [2.05, 4.69) is 4.90 Å². The molecule has 2 aliphatic rings. The van der Waals surface area contributed by atoms with E-state index in [-0.39, 0.29) is 17.9 Å². The van der Waals surface area contributed by atoms with Crippen molar-refractivity contribution in [3.8, 4) is 5.75 Å². The summed E-state index contributed by atoms with van der Waals surface area (Å²) in [6.07, 6.45) is 0.493. The van der Waals surface area contributed by atoms with Crippen LogP contribution in [0.15, 0.2) is 48.5 Å². The Morgan fingerprint density at radius 1 is 1.08 bits per heavy atom. The quantitative estimate of drug-likeness (QED) is 0.475. The zero-order valence-corrected chi connectivity index (χ0v) is 22.4. The lowest BCUT2D eigenvalue weighted by Gasteiger charge is -2.38. The lowest BCUT2D eigenvalue weighted by Crippen LogP contribution is -2.42. The highest BCUT2D eigenvalue weighted by Gasteiger charge is 2.34. The molecule has 39 heavy (non-hydrogen) atoms. The second-order valence-corrected chi connectivity index (χ2v) is 10.1. The number of benzene rings is 2. The number of fused-ring (bicyclic) bond motifs is 1. The van der Waals surface area contributed by atoms with Crippen LogP contribution in [-0.4, -0.2) is 77.3 Å². The number of carbonyl (C=O) groups is 2. The van der Waals surface area contributed by atoms with E-state index in [0.29, 0.717) is 44.1 Å². The van der Waals surface area contributed by atoms with Crippen LogP contribution in [0.3, 0.4) is 0 Å². The number of morpholine rings is 1. The van der Waals surface area contributed by atoms with Crippen LogP contribution in [0.5, 0.6) is 5.75 Å². The first-order chi connectivity index (χ1) is 18.8. The van der Waals surface area contributed by atoms with Gasteiger partial charge in [0.15, 0.2) is 0 Å². The summed E-state index contributed by atoms with van der Waals surface area (Å²) in [6, 6.07) is 13.2. The topological polar surface area (TPSA) is 84.2 Å². The zero-order chi connectivity index (χ0) is 27.5. The van der Waals surface area contributed by atoms with Gasteiger partial charge in [-0.2, -0.15) is 0 Å². The number of hydrogen-bond acceptors (Lipinski definition) is 5. The second kappa shape index (κ2) is 11.6. The number of carboxylic acid groups (broad SMARTS) is 1. The Morgan fingerprint density at radius 2 is 1.87 bits per heavy atom. The number of hydrogen-bond donors (Lipinski definition) is 1. The predicted octanol–water partition coefficient (Wildman–Crippen LogP) is 3.60. The average molecular weight is 536 g/mol. The van der Waals surface area contributed by atoms with E-state index in [1.165, 1.54) is 6.07 Å². The summed E-state index contributed by atoms with van der Waals surface area (Å²) >= 11 is 0. The number of aromatic carboxylic acids is 1. The normalized spacial score (nSPS) is 17.6. The standard InChI is InChI=1S/C30H34FN3O5/c1-20-3-8-27(32(20)2)29-25-17-23(30(36)37)5-4-21(25)9-10-34(29)28(35)18-22-6-7-24(19-26(22)31)39-16-13-33-11-14-38-15-12-33/h3-8,17,19,29H,9-16,18H2,1-2H3,(H,36,37). The largest absolute Gasteiger partial charge is 0.492 e. The van der Waals surface area contributed by atoms with Crippen LogP contribution in [0.1, 0.15) is 44.5 Å². The third-order valence-corrected chi connectivity index (χ3v) is 7.78. The van der Waals surface area contributed by atoms with Crippen molar-refractivity contribution in [2.45, 2.75) is 25.8 Å². The van der Waals surface area contributed by atoms with Crippen LogP contribution in [0.2, 0.25) is 0 Å². The third-order valence-electron chi connectivity index (χ3n) is 7.78.